The van der Waals surface area contributed by atoms with Crippen LogP contribution in [0.3, 0.4) is 0 Å². The van der Waals surface area contributed by atoms with E-state index in [1.807, 2.05) is 10.6 Å². The number of carbonyl (C=O) groups excluding carboxylic acids is 2. The number of nitrogens with zero attached hydrogens (tertiary/aromatic N) is 1. The minimum Gasteiger partial charge on any atom is -0.467 e. The quantitative estimate of drug-likeness (QED) is 0.643. The second-order valence-electron chi connectivity index (χ2n) is 6.62. The zero-order valence-corrected chi connectivity index (χ0v) is 16.5. The molecule has 144 valence electrons. The lowest BCUT2D eigenvalue weighted by Gasteiger charge is -2.17. The Labute approximate surface area is 169 Å². The average Bonchev–Trinajstić information content (AvgIpc) is 3.47. The number of amides is 1. The fourth-order valence-corrected chi connectivity index (χ4v) is 4.40. The number of hydrogen-bond acceptors (Lipinski definition) is 5. The molecule has 2 aromatic heterocycles. The molecule has 1 N–H and O–H groups in total. The van der Waals surface area contributed by atoms with Gasteiger partial charge in [0.2, 0.25) is 5.43 Å². The Morgan fingerprint density at radius 3 is 2.64 bits per heavy atom. The second kappa shape index (κ2) is 7.41. The Hall–Kier alpha value is -2.64. The van der Waals surface area contributed by atoms with Crippen LogP contribution in [0.15, 0.2) is 47.4 Å². The van der Waals surface area contributed by atoms with Crippen LogP contribution in [-0.2, 0) is 9.53 Å². The minimum atomic E-state index is -1.01. The molecule has 8 heteroatoms. The second-order valence-corrected chi connectivity index (χ2v) is 8.28. The van der Waals surface area contributed by atoms with Crippen LogP contribution in [0.2, 0.25) is 4.34 Å². The van der Waals surface area contributed by atoms with E-state index in [9.17, 15) is 14.4 Å². The topological polar surface area (TPSA) is 77.4 Å². The Morgan fingerprint density at radius 2 is 2.00 bits per heavy atom. The Kier molecular flexibility index (Phi) is 4.95. The van der Waals surface area contributed by atoms with Gasteiger partial charge < -0.3 is 14.6 Å². The average molecular weight is 417 g/mol. The monoisotopic (exact) mass is 416 g/mol. The minimum absolute atomic E-state index is 0.0151. The van der Waals surface area contributed by atoms with Gasteiger partial charge in [-0.3, -0.25) is 9.59 Å². The van der Waals surface area contributed by atoms with Gasteiger partial charge in [-0.25, -0.2) is 4.79 Å². The molecule has 0 aliphatic heterocycles. The molecule has 1 saturated carbocycles. The number of fused-ring (bicyclic) bond motifs is 1. The number of halogens is 1. The van der Waals surface area contributed by atoms with Gasteiger partial charge in [0.25, 0.3) is 5.91 Å². The lowest BCUT2D eigenvalue weighted by molar-refractivity contribution is -0.143. The molecule has 1 fully saturated rings. The van der Waals surface area contributed by atoms with Crippen LogP contribution in [0.4, 0.5) is 0 Å². The van der Waals surface area contributed by atoms with Gasteiger partial charge in [0.05, 0.1) is 16.8 Å². The van der Waals surface area contributed by atoms with Crippen molar-refractivity contribution in [1.29, 1.82) is 0 Å². The highest BCUT2D eigenvalue weighted by molar-refractivity contribution is 7.22. The number of rotatable bonds is 5. The summed E-state index contributed by atoms with van der Waals surface area (Å²) in [7, 11) is 1.25. The molecule has 1 aliphatic rings. The summed E-state index contributed by atoms with van der Waals surface area (Å²) >= 11 is 7.44. The number of carbonyl (C=O) groups is 2. The van der Waals surface area contributed by atoms with Crippen molar-refractivity contribution in [1.82, 2.24) is 9.88 Å². The van der Waals surface area contributed by atoms with Crippen LogP contribution >= 0.6 is 22.9 Å². The summed E-state index contributed by atoms with van der Waals surface area (Å²) in [6.07, 6.45) is 3.55. The number of thiophene rings is 1. The zero-order chi connectivity index (χ0) is 19.8. The van der Waals surface area contributed by atoms with E-state index in [1.54, 1.807) is 36.5 Å². The summed E-state index contributed by atoms with van der Waals surface area (Å²) in [6.45, 7) is 0. The molecule has 1 aromatic carbocycles. The van der Waals surface area contributed by atoms with Gasteiger partial charge >= 0.3 is 5.97 Å². The highest BCUT2D eigenvalue weighted by Crippen LogP contribution is 2.39. The maximum Gasteiger partial charge on any atom is 0.333 e. The van der Waals surface area contributed by atoms with E-state index in [0.29, 0.717) is 15.3 Å². The first kappa shape index (κ1) is 18.7. The smallest absolute Gasteiger partial charge is 0.333 e. The number of hydrogen-bond donors (Lipinski definition) is 1. The summed E-state index contributed by atoms with van der Waals surface area (Å²) in [5, 5.41) is 3.06. The normalized spacial score (nSPS) is 14.6. The van der Waals surface area contributed by atoms with E-state index in [2.05, 4.69) is 5.32 Å². The van der Waals surface area contributed by atoms with Crippen molar-refractivity contribution in [2.75, 3.05) is 7.11 Å². The predicted octanol–water partition coefficient (Wildman–Crippen LogP) is 3.70. The third-order valence-electron chi connectivity index (χ3n) is 4.70. The van der Waals surface area contributed by atoms with Crippen molar-refractivity contribution >= 4 is 45.0 Å². The molecule has 6 nitrogen and oxygen atoms in total. The largest absolute Gasteiger partial charge is 0.467 e. The van der Waals surface area contributed by atoms with Crippen molar-refractivity contribution in [3.8, 4) is 0 Å². The van der Waals surface area contributed by atoms with Crippen LogP contribution < -0.4 is 10.7 Å². The first-order valence-electron chi connectivity index (χ1n) is 8.77. The lowest BCUT2D eigenvalue weighted by atomic mass is 10.1. The molecular weight excluding hydrogens is 400 g/mol. The molecule has 2 heterocycles. The molecule has 1 aliphatic carbocycles. The molecule has 1 amide bonds. The molecule has 0 radical (unpaired) electrons. The molecule has 4 rings (SSSR count). The van der Waals surface area contributed by atoms with E-state index in [0.717, 1.165) is 17.7 Å². The summed E-state index contributed by atoms with van der Waals surface area (Å²) in [6, 6.07) is 9.60. The maximum absolute atomic E-state index is 13.0. The van der Waals surface area contributed by atoms with Crippen molar-refractivity contribution in [3.63, 3.8) is 0 Å². The number of aromatic nitrogens is 1. The molecule has 0 saturated heterocycles. The van der Waals surface area contributed by atoms with Crippen LogP contribution in [0.1, 0.15) is 40.8 Å². The Balaban J connectivity index is 1.75. The van der Waals surface area contributed by atoms with Crippen LogP contribution in [0.25, 0.3) is 10.2 Å². The SMILES string of the molecule is COC(=O)C(NC(=O)c1cn(C2CC2)c2sc(Cl)cc2c1=O)c1ccccc1. The summed E-state index contributed by atoms with van der Waals surface area (Å²) in [4.78, 5) is 38.8. The van der Waals surface area contributed by atoms with E-state index in [4.69, 9.17) is 16.3 Å². The fourth-order valence-electron chi connectivity index (χ4n) is 3.14. The number of pyridine rings is 1. The molecule has 0 bridgehead atoms. The molecule has 1 unspecified atom stereocenters. The van der Waals surface area contributed by atoms with Gasteiger partial charge in [0, 0.05) is 12.2 Å². The van der Waals surface area contributed by atoms with E-state index < -0.39 is 23.3 Å². The van der Waals surface area contributed by atoms with Gasteiger partial charge in [0.1, 0.15) is 10.4 Å². The van der Waals surface area contributed by atoms with Crippen molar-refractivity contribution in [3.05, 3.63) is 68.3 Å². The summed E-state index contributed by atoms with van der Waals surface area (Å²) < 4.78 is 7.26. The molecule has 28 heavy (non-hydrogen) atoms. The van der Waals surface area contributed by atoms with E-state index >= 15 is 0 Å². The van der Waals surface area contributed by atoms with E-state index in [-0.39, 0.29) is 11.6 Å². The molecule has 1 atom stereocenters. The van der Waals surface area contributed by atoms with E-state index in [1.165, 1.54) is 18.4 Å². The highest BCUT2D eigenvalue weighted by atomic mass is 35.5. The summed E-state index contributed by atoms with van der Waals surface area (Å²) in [5.41, 5.74) is 0.160. The fraction of sp³-hybridized carbons (Fsp3) is 0.250. The maximum atomic E-state index is 13.0. The third-order valence-corrected chi connectivity index (χ3v) is 5.98. The number of methoxy groups -OCH3 is 1. The van der Waals surface area contributed by atoms with Crippen LogP contribution in [0, 0.1) is 0 Å². The molecular formula is C20H17ClN2O4S. The highest BCUT2D eigenvalue weighted by Gasteiger charge is 2.30. The number of esters is 1. The first-order valence-corrected chi connectivity index (χ1v) is 9.97. The van der Waals surface area contributed by atoms with Crippen molar-refractivity contribution in [2.45, 2.75) is 24.9 Å². The Bertz CT molecular complexity index is 1120. The van der Waals surface area contributed by atoms with Crippen molar-refractivity contribution < 1.29 is 14.3 Å². The number of nitrogens with one attached hydrogen (secondary N) is 1. The van der Waals surface area contributed by atoms with Crippen LogP contribution in [0.5, 0.6) is 0 Å². The third kappa shape index (κ3) is 3.43. The first-order chi connectivity index (χ1) is 13.5. The van der Waals surface area contributed by atoms with Gasteiger partial charge in [-0.15, -0.1) is 11.3 Å². The predicted molar refractivity (Wildman–Crippen MR) is 108 cm³/mol. The van der Waals surface area contributed by atoms with Gasteiger partial charge in [-0.05, 0) is 24.5 Å². The summed E-state index contributed by atoms with van der Waals surface area (Å²) in [5.74, 6) is -1.23. The van der Waals surface area contributed by atoms with Gasteiger partial charge in [-0.1, -0.05) is 41.9 Å². The standard InChI is InChI=1S/C20H17ClN2O4S/c1-27-20(26)16(11-5-3-2-4-6-11)22-18(25)14-10-23(12-7-8-12)19-13(17(14)24)9-15(21)28-19/h2-6,9-10,12,16H,7-8H2,1H3,(H,22,25). The zero-order valence-electron chi connectivity index (χ0n) is 15.0. The number of benzene rings is 1. The number of ether oxygens (including phenoxy) is 1. The van der Waals surface area contributed by atoms with Crippen LogP contribution in [-0.4, -0.2) is 23.6 Å². The molecule has 3 aromatic rings. The van der Waals surface area contributed by atoms with Crippen molar-refractivity contribution in [2.24, 2.45) is 0 Å². The van der Waals surface area contributed by atoms with Gasteiger partial charge in [-0.2, -0.15) is 0 Å². The Morgan fingerprint density at radius 1 is 1.29 bits per heavy atom. The molecule has 0 spiro atoms. The van der Waals surface area contributed by atoms with Gasteiger partial charge in [0.15, 0.2) is 6.04 Å². The lowest BCUT2D eigenvalue weighted by Crippen LogP contribution is -2.37.